The van der Waals surface area contributed by atoms with E-state index in [-0.39, 0.29) is 5.97 Å². The molecule has 0 unspecified atom stereocenters. The fourth-order valence-corrected chi connectivity index (χ4v) is 2.82. The Labute approximate surface area is 114 Å². The van der Waals surface area contributed by atoms with Crippen molar-refractivity contribution in [1.29, 1.82) is 0 Å². The van der Waals surface area contributed by atoms with Gasteiger partial charge in [0.2, 0.25) is 0 Å². The molecule has 19 heavy (non-hydrogen) atoms. The molecule has 1 fully saturated rings. The average molecular weight is 265 g/mol. The number of carbonyl (C=O) groups excluding carboxylic acids is 1. The van der Waals surface area contributed by atoms with Crippen LogP contribution in [0.25, 0.3) is 0 Å². The fraction of sp³-hybridized carbons (Fsp3) is 0.714. The van der Waals surface area contributed by atoms with Gasteiger partial charge in [-0.05, 0) is 19.9 Å². The molecule has 0 radical (unpaired) electrons. The summed E-state index contributed by atoms with van der Waals surface area (Å²) in [5, 5.41) is 4.17. The molecule has 0 amide bonds. The van der Waals surface area contributed by atoms with E-state index in [9.17, 15) is 4.79 Å². The number of aryl methyl sites for hydroxylation is 1. The Morgan fingerprint density at radius 3 is 2.79 bits per heavy atom. The largest absolute Gasteiger partial charge is 0.465 e. The van der Waals surface area contributed by atoms with E-state index in [0.717, 1.165) is 12.2 Å². The third-order valence-corrected chi connectivity index (χ3v) is 4.06. The second-order valence-electron chi connectivity index (χ2n) is 5.33. The lowest BCUT2D eigenvalue weighted by atomic mass is 9.94. The molecule has 1 aliphatic carbocycles. The van der Waals surface area contributed by atoms with Crippen LogP contribution >= 0.6 is 0 Å². The Bertz CT molecular complexity index is 436. The van der Waals surface area contributed by atoms with Crippen molar-refractivity contribution in [3.05, 3.63) is 17.5 Å². The van der Waals surface area contributed by atoms with E-state index in [1.54, 1.807) is 10.9 Å². The summed E-state index contributed by atoms with van der Waals surface area (Å²) in [6.45, 7) is 0.742. The number of rotatable bonds is 4. The molecule has 106 valence electrons. The van der Waals surface area contributed by atoms with Crippen molar-refractivity contribution in [2.24, 2.45) is 7.05 Å². The molecule has 1 aromatic rings. The summed E-state index contributed by atoms with van der Waals surface area (Å²) in [5.74, 6) is -0.305. The van der Waals surface area contributed by atoms with Crippen LogP contribution in [0.3, 0.4) is 0 Å². The number of carbonyl (C=O) groups is 1. The molecule has 0 spiro atoms. The lowest BCUT2D eigenvalue weighted by molar-refractivity contribution is 0.0597. The predicted molar refractivity (Wildman–Crippen MR) is 72.9 cm³/mol. The zero-order valence-corrected chi connectivity index (χ0v) is 12.1. The van der Waals surface area contributed by atoms with Crippen molar-refractivity contribution in [3.8, 4) is 0 Å². The molecule has 5 heteroatoms. The molecule has 2 rings (SSSR count). The molecule has 5 nitrogen and oxygen atoms in total. The molecule has 0 saturated heterocycles. The Kier molecular flexibility index (Phi) is 4.58. The van der Waals surface area contributed by atoms with Crippen LogP contribution in [0.1, 0.15) is 48.2 Å². The van der Waals surface area contributed by atoms with Crippen LogP contribution in [-0.2, 0) is 18.3 Å². The fourth-order valence-electron chi connectivity index (χ4n) is 2.82. The highest BCUT2D eigenvalue weighted by molar-refractivity contribution is 5.90. The molecule has 1 aromatic heterocycles. The molecular weight excluding hydrogens is 242 g/mol. The number of hydrogen-bond donors (Lipinski definition) is 0. The van der Waals surface area contributed by atoms with Gasteiger partial charge in [-0.15, -0.1) is 0 Å². The van der Waals surface area contributed by atoms with Gasteiger partial charge < -0.3 is 4.74 Å². The lowest BCUT2D eigenvalue weighted by Crippen LogP contribution is -2.34. The first kappa shape index (κ1) is 14.1. The SMILES string of the molecule is COC(=O)c1cnn(C)c1CN(C)C1CCCCC1. The van der Waals surface area contributed by atoms with E-state index in [0.29, 0.717) is 11.6 Å². The maximum Gasteiger partial charge on any atom is 0.341 e. The van der Waals surface area contributed by atoms with Crippen LogP contribution in [0.2, 0.25) is 0 Å². The summed E-state index contributed by atoms with van der Waals surface area (Å²) in [6.07, 6.45) is 8.07. The summed E-state index contributed by atoms with van der Waals surface area (Å²) in [5.41, 5.74) is 1.51. The topological polar surface area (TPSA) is 47.4 Å². The number of ether oxygens (including phenoxy) is 1. The Morgan fingerprint density at radius 1 is 1.47 bits per heavy atom. The van der Waals surface area contributed by atoms with Gasteiger partial charge in [0.05, 0.1) is 19.0 Å². The maximum atomic E-state index is 11.7. The minimum Gasteiger partial charge on any atom is -0.465 e. The number of nitrogens with zero attached hydrogens (tertiary/aromatic N) is 3. The molecular formula is C14H23N3O2. The zero-order valence-electron chi connectivity index (χ0n) is 12.1. The van der Waals surface area contributed by atoms with Crippen molar-refractivity contribution in [2.45, 2.75) is 44.7 Å². The van der Waals surface area contributed by atoms with Gasteiger partial charge in [0, 0.05) is 19.6 Å². The van der Waals surface area contributed by atoms with E-state index in [2.05, 4.69) is 17.0 Å². The highest BCUT2D eigenvalue weighted by Gasteiger charge is 2.22. The van der Waals surface area contributed by atoms with Gasteiger partial charge in [0.1, 0.15) is 5.56 Å². The molecule has 1 saturated carbocycles. The number of esters is 1. The molecule has 0 atom stereocenters. The molecule has 0 N–H and O–H groups in total. The Hall–Kier alpha value is -1.36. The molecule has 1 aliphatic rings. The average Bonchev–Trinajstić information content (AvgIpc) is 2.80. The van der Waals surface area contributed by atoms with Gasteiger partial charge in [0.15, 0.2) is 0 Å². The lowest BCUT2D eigenvalue weighted by Gasteiger charge is -2.31. The summed E-state index contributed by atoms with van der Waals surface area (Å²) >= 11 is 0. The second kappa shape index (κ2) is 6.19. The first-order valence-corrected chi connectivity index (χ1v) is 6.93. The van der Waals surface area contributed by atoms with Crippen molar-refractivity contribution >= 4 is 5.97 Å². The third-order valence-electron chi connectivity index (χ3n) is 4.06. The van der Waals surface area contributed by atoms with Crippen LogP contribution in [0.15, 0.2) is 6.20 Å². The molecule has 0 bridgehead atoms. The molecule has 0 aliphatic heterocycles. The summed E-state index contributed by atoms with van der Waals surface area (Å²) in [6, 6.07) is 0.620. The summed E-state index contributed by atoms with van der Waals surface area (Å²) in [7, 11) is 5.41. The van der Waals surface area contributed by atoms with Crippen molar-refractivity contribution in [2.75, 3.05) is 14.2 Å². The van der Waals surface area contributed by atoms with Gasteiger partial charge in [0.25, 0.3) is 0 Å². The quantitative estimate of drug-likeness (QED) is 0.781. The van der Waals surface area contributed by atoms with Crippen LogP contribution in [0.4, 0.5) is 0 Å². The minimum atomic E-state index is -0.305. The summed E-state index contributed by atoms with van der Waals surface area (Å²) in [4.78, 5) is 14.0. The number of hydrogen-bond acceptors (Lipinski definition) is 4. The zero-order chi connectivity index (χ0) is 13.8. The maximum absolute atomic E-state index is 11.7. The van der Waals surface area contributed by atoms with Crippen LogP contribution in [0, 0.1) is 0 Å². The van der Waals surface area contributed by atoms with Crippen molar-refractivity contribution in [3.63, 3.8) is 0 Å². The van der Waals surface area contributed by atoms with Crippen molar-refractivity contribution in [1.82, 2.24) is 14.7 Å². The molecule has 1 heterocycles. The predicted octanol–water partition coefficient (Wildman–Crippen LogP) is 1.97. The van der Waals surface area contributed by atoms with E-state index < -0.39 is 0 Å². The summed E-state index contributed by atoms with van der Waals surface area (Å²) < 4.78 is 6.58. The Morgan fingerprint density at radius 2 is 2.16 bits per heavy atom. The number of aromatic nitrogens is 2. The normalized spacial score (nSPS) is 16.8. The van der Waals surface area contributed by atoms with E-state index >= 15 is 0 Å². The van der Waals surface area contributed by atoms with Gasteiger partial charge in [-0.2, -0.15) is 5.10 Å². The Balaban J connectivity index is 2.09. The highest BCUT2D eigenvalue weighted by Crippen LogP contribution is 2.23. The standard InChI is InChI=1S/C14H23N3O2/c1-16(11-7-5-4-6-8-11)10-13-12(14(18)19-3)9-15-17(13)2/h9,11H,4-8,10H2,1-3H3. The number of methoxy groups -OCH3 is 1. The monoisotopic (exact) mass is 265 g/mol. The first-order chi connectivity index (χ1) is 9.13. The van der Waals surface area contributed by atoms with Crippen LogP contribution in [0.5, 0.6) is 0 Å². The van der Waals surface area contributed by atoms with Crippen molar-refractivity contribution < 1.29 is 9.53 Å². The van der Waals surface area contributed by atoms with E-state index in [4.69, 9.17) is 4.74 Å². The third kappa shape index (κ3) is 3.15. The van der Waals surface area contributed by atoms with Gasteiger partial charge >= 0.3 is 5.97 Å². The van der Waals surface area contributed by atoms with Gasteiger partial charge in [-0.1, -0.05) is 19.3 Å². The van der Waals surface area contributed by atoms with Gasteiger partial charge in [-0.25, -0.2) is 4.79 Å². The van der Waals surface area contributed by atoms with E-state index in [1.165, 1.54) is 39.2 Å². The first-order valence-electron chi connectivity index (χ1n) is 6.93. The van der Waals surface area contributed by atoms with Gasteiger partial charge in [-0.3, -0.25) is 9.58 Å². The smallest absolute Gasteiger partial charge is 0.341 e. The second-order valence-corrected chi connectivity index (χ2v) is 5.33. The van der Waals surface area contributed by atoms with Crippen LogP contribution < -0.4 is 0 Å². The van der Waals surface area contributed by atoms with E-state index in [1.807, 2.05) is 7.05 Å². The highest BCUT2D eigenvalue weighted by atomic mass is 16.5. The molecule has 0 aromatic carbocycles. The minimum absolute atomic E-state index is 0.305. The van der Waals surface area contributed by atoms with Crippen LogP contribution in [-0.4, -0.2) is 40.8 Å².